The van der Waals surface area contributed by atoms with Crippen molar-refractivity contribution in [2.24, 2.45) is 10.1 Å². The van der Waals surface area contributed by atoms with Crippen LogP contribution in [0.3, 0.4) is 0 Å². The highest BCUT2D eigenvalue weighted by Gasteiger charge is 2.34. The average Bonchev–Trinajstić information content (AvgIpc) is 3.47. The summed E-state index contributed by atoms with van der Waals surface area (Å²) in [4.78, 5) is 57.7. The van der Waals surface area contributed by atoms with Crippen LogP contribution in [0.2, 0.25) is 0 Å². The summed E-state index contributed by atoms with van der Waals surface area (Å²) in [5, 5.41) is 20.5. The van der Waals surface area contributed by atoms with Crippen molar-refractivity contribution >= 4 is 57.4 Å². The average molecular weight is 533 g/mol. The van der Waals surface area contributed by atoms with E-state index in [0.29, 0.717) is 21.7 Å². The van der Waals surface area contributed by atoms with Gasteiger partial charge in [-0.2, -0.15) is 5.01 Å². The molecule has 0 atom stereocenters. The highest BCUT2D eigenvalue weighted by molar-refractivity contribution is 7.14. The summed E-state index contributed by atoms with van der Waals surface area (Å²) in [6.45, 7) is 1.36. The summed E-state index contributed by atoms with van der Waals surface area (Å²) >= 11 is 1.19. The number of aliphatic imine (C=N–C) groups is 1. The van der Waals surface area contributed by atoms with Gasteiger partial charge in [-0.05, 0) is 29.8 Å². The Morgan fingerprint density at radius 1 is 1.16 bits per heavy atom. The second-order valence-corrected chi connectivity index (χ2v) is 8.68. The predicted molar refractivity (Wildman–Crippen MR) is 141 cm³/mol. The maximum Gasteiger partial charge on any atom is 0.297 e. The molecule has 0 radical (unpaired) electrons. The Morgan fingerprint density at radius 2 is 1.87 bits per heavy atom. The van der Waals surface area contributed by atoms with Crippen molar-refractivity contribution in [2.75, 3.05) is 12.4 Å². The van der Waals surface area contributed by atoms with Crippen LogP contribution >= 0.6 is 11.3 Å². The van der Waals surface area contributed by atoms with E-state index in [1.54, 1.807) is 41.8 Å². The van der Waals surface area contributed by atoms with Crippen LogP contribution in [0.1, 0.15) is 23.6 Å². The summed E-state index contributed by atoms with van der Waals surface area (Å²) in [6.07, 6.45) is 1.46. The van der Waals surface area contributed by atoms with E-state index in [1.807, 2.05) is 0 Å². The Kier molecular flexibility index (Phi) is 7.68. The molecule has 13 heteroatoms. The zero-order valence-corrected chi connectivity index (χ0v) is 20.9. The number of amidine groups is 1. The molecule has 0 saturated carbocycles. The standard InChI is InChI=1S/C25H20N6O6S/c1-15(32)26-21-13-18(14-38-21)22(29-37-2)24(33)28-30-23(17-6-4-3-5-7-17)27-20(25(30)34)12-16-8-10-19(11-9-16)31(35)36/h3-14H,1-2H3,(H,26,32)(H,28,33). The highest BCUT2D eigenvalue weighted by atomic mass is 32.1. The molecule has 2 aromatic carbocycles. The number of hydrogen-bond acceptors (Lipinski definition) is 9. The quantitative estimate of drug-likeness (QED) is 0.196. The van der Waals surface area contributed by atoms with Crippen molar-refractivity contribution < 1.29 is 24.1 Å². The second-order valence-electron chi connectivity index (χ2n) is 7.76. The Morgan fingerprint density at radius 3 is 2.50 bits per heavy atom. The molecule has 1 aliphatic rings. The Labute approximate surface area is 220 Å². The van der Waals surface area contributed by atoms with Gasteiger partial charge in [0.05, 0.1) is 9.92 Å². The fourth-order valence-electron chi connectivity index (χ4n) is 3.42. The van der Waals surface area contributed by atoms with E-state index in [1.165, 1.54) is 55.7 Å². The van der Waals surface area contributed by atoms with Gasteiger partial charge in [0, 0.05) is 35.6 Å². The molecule has 0 fully saturated rings. The van der Waals surface area contributed by atoms with Crippen LogP contribution < -0.4 is 10.7 Å². The van der Waals surface area contributed by atoms with Crippen LogP contribution in [0.4, 0.5) is 10.7 Å². The summed E-state index contributed by atoms with van der Waals surface area (Å²) in [5.74, 6) is -1.49. The summed E-state index contributed by atoms with van der Waals surface area (Å²) in [6, 6.07) is 15.9. The minimum absolute atomic E-state index is 0.00622. The molecule has 38 heavy (non-hydrogen) atoms. The first-order valence-electron chi connectivity index (χ1n) is 11.0. The third-order valence-electron chi connectivity index (χ3n) is 5.08. The van der Waals surface area contributed by atoms with E-state index in [2.05, 4.69) is 20.9 Å². The molecule has 1 aromatic heterocycles. The molecule has 0 spiro atoms. The smallest absolute Gasteiger partial charge is 0.297 e. The molecule has 3 amide bonds. The van der Waals surface area contributed by atoms with Gasteiger partial charge in [-0.15, -0.1) is 11.3 Å². The van der Waals surface area contributed by atoms with Crippen molar-refractivity contribution in [1.82, 2.24) is 10.4 Å². The fraction of sp³-hybridized carbons (Fsp3) is 0.0800. The van der Waals surface area contributed by atoms with Gasteiger partial charge >= 0.3 is 0 Å². The van der Waals surface area contributed by atoms with Gasteiger partial charge in [-0.1, -0.05) is 35.5 Å². The van der Waals surface area contributed by atoms with Gasteiger partial charge in [-0.25, -0.2) is 4.99 Å². The van der Waals surface area contributed by atoms with Crippen LogP contribution in [0.25, 0.3) is 6.08 Å². The number of hydrogen-bond donors (Lipinski definition) is 2. The zero-order valence-electron chi connectivity index (χ0n) is 20.1. The molecular weight excluding hydrogens is 512 g/mol. The van der Waals surface area contributed by atoms with Crippen LogP contribution in [0.15, 0.2) is 81.9 Å². The minimum Gasteiger partial charge on any atom is -0.398 e. The first kappa shape index (κ1) is 25.9. The molecule has 2 N–H and O–H groups in total. The van der Waals surface area contributed by atoms with E-state index < -0.39 is 16.7 Å². The summed E-state index contributed by atoms with van der Waals surface area (Å²) in [5.41, 5.74) is 3.76. The Balaban J connectivity index is 1.65. The maximum atomic E-state index is 13.4. The number of non-ortho nitro benzene ring substituents is 1. The van der Waals surface area contributed by atoms with Crippen LogP contribution in [0.5, 0.6) is 0 Å². The van der Waals surface area contributed by atoms with Gasteiger partial charge in [0.15, 0.2) is 11.5 Å². The second kappa shape index (κ2) is 11.3. The lowest BCUT2D eigenvalue weighted by Crippen LogP contribution is -2.49. The van der Waals surface area contributed by atoms with Gasteiger partial charge < -0.3 is 10.2 Å². The van der Waals surface area contributed by atoms with Crippen molar-refractivity contribution in [3.8, 4) is 0 Å². The van der Waals surface area contributed by atoms with E-state index in [0.717, 1.165) is 5.01 Å². The van der Waals surface area contributed by atoms with E-state index in [9.17, 15) is 24.5 Å². The molecule has 0 bridgehead atoms. The van der Waals surface area contributed by atoms with E-state index in [-0.39, 0.29) is 28.8 Å². The van der Waals surface area contributed by atoms with Gasteiger partial charge in [-0.3, -0.25) is 29.9 Å². The van der Waals surface area contributed by atoms with Crippen molar-refractivity contribution in [2.45, 2.75) is 6.92 Å². The number of amides is 3. The number of nitrogens with zero attached hydrogens (tertiary/aromatic N) is 4. The monoisotopic (exact) mass is 532 g/mol. The lowest BCUT2D eigenvalue weighted by molar-refractivity contribution is -0.384. The number of rotatable bonds is 8. The van der Waals surface area contributed by atoms with Crippen molar-refractivity contribution in [3.63, 3.8) is 0 Å². The number of nitrogens with one attached hydrogen (secondary N) is 2. The van der Waals surface area contributed by atoms with Crippen LogP contribution in [0, 0.1) is 10.1 Å². The summed E-state index contributed by atoms with van der Waals surface area (Å²) in [7, 11) is 1.28. The molecule has 3 aromatic rings. The Bertz CT molecular complexity index is 1490. The molecule has 0 aliphatic carbocycles. The highest BCUT2D eigenvalue weighted by Crippen LogP contribution is 2.24. The van der Waals surface area contributed by atoms with Crippen molar-refractivity contribution in [3.05, 3.63) is 98.5 Å². The number of nitro groups is 1. The molecule has 12 nitrogen and oxygen atoms in total. The first-order chi connectivity index (χ1) is 18.3. The van der Waals surface area contributed by atoms with Crippen LogP contribution in [-0.4, -0.2) is 46.3 Å². The fourth-order valence-corrected chi connectivity index (χ4v) is 4.25. The van der Waals surface area contributed by atoms with Gasteiger partial charge in [0.2, 0.25) is 5.91 Å². The number of oxime groups is 1. The number of nitro benzene ring substituents is 1. The number of hydrazine groups is 1. The third-order valence-corrected chi connectivity index (χ3v) is 5.93. The molecule has 1 aliphatic heterocycles. The first-order valence-corrected chi connectivity index (χ1v) is 11.9. The molecule has 0 saturated heterocycles. The van der Waals surface area contributed by atoms with E-state index in [4.69, 9.17) is 4.84 Å². The molecular formula is C25H20N6O6S. The number of carbonyl (C=O) groups is 3. The lowest BCUT2D eigenvalue weighted by Gasteiger charge is -2.19. The largest absolute Gasteiger partial charge is 0.398 e. The van der Waals surface area contributed by atoms with Crippen molar-refractivity contribution in [1.29, 1.82) is 0 Å². The Hall–Kier alpha value is -5.17. The number of thiophene rings is 1. The van der Waals surface area contributed by atoms with Crippen LogP contribution in [-0.2, 0) is 19.2 Å². The molecule has 0 unspecified atom stereocenters. The molecule has 2 heterocycles. The predicted octanol–water partition coefficient (Wildman–Crippen LogP) is 3.33. The molecule has 192 valence electrons. The van der Waals surface area contributed by atoms with Gasteiger partial charge in [0.1, 0.15) is 12.8 Å². The minimum atomic E-state index is -0.757. The van der Waals surface area contributed by atoms with Gasteiger partial charge in [0.25, 0.3) is 17.5 Å². The topological polar surface area (TPSA) is 156 Å². The number of carbonyl (C=O) groups excluding carboxylic acids is 3. The maximum absolute atomic E-state index is 13.4. The third kappa shape index (κ3) is 5.79. The zero-order chi connectivity index (χ0) is 27.2. The lowest BCUT2D eigenvalue weighted by atomic mass is 10.2. The number of anilines is 1. The molecule has 4 rings (SSSR count). The van der Waals surface area contributed by atoms with E-state index >= 15 is 0 Å². The number of benzene rings is 2. The SMILES string of the molecule is CON=C(C(=O)NN1C(=O)C(=Cc2ccc([N+](=O)[O-])cc2)N=C1c1ccccc1)c1csc(NC(C)=O)c1. The normalized spacial score (nSPS) is 14.3. The summed E-state index contributed by atoms with van der Waals surface area (Å²) < 4.78 is 0.